The van der Waals surface area contributed by atoms with E-state index in [0.29, 0.717) is 19.6 Å². The van der Waals surface area contributed by atoms with E-state index < -0.39 is 5.41 Å². The number of nitrogens with one attached hydrogen (secondary N) is 1. The molecular formula is C24H30N2O4S. The molecule has 6 nitrogen and oxygen atoms in total. The van der Waals surface area contributed by atoms with E-state index in [4.69, 9.17) is 4.74 Å². The van der Waals surface area contributed by atoms with Crippen molar-refractivity contribution < 1.29 is 19.1 Å². The van der Waals surface area contributed by atoms with Crippen molar-refractivity contribution in [3.63, 3.8) is 0 Å². The average molecular weight is 443 g/mol. The summed E-state index contributed by atoms with van der Waals surface area (Å²) in [5.41, 5.74) is 1.66. The molecule has 1 fully saturated rings. The van der Waals surface area contributed by atoms with Gasteiger partial charge in [0.1, 0.15) is 0 Å². The molecule has 0 bridgehead atoms. The molecule has 1 aliphatic heterocycles. The lowest BCUT2D eigenvalue weighted by molar-refractivity contribution is -0.141. The number of hydrogen-bond acceptors (Lipinski definition) is 5. The fourth-order valence-electron chi connectivity index (χ4n) is 4.36. The molecule has 2 aromatic rings. The molecule has 3 rings (SSSR count). The van der Waals surface area contributed by atoms with Crippen molar-refractivity contribution in [3.8, 4) is 0 Å². The van der Waals surface area contributed by atoms with Crippen molar-refractivity contribution in [2.75, 3.05) is 20.3 Å². The normalized spacial score (nSPS) is 19.6. The van der Waals surface area contributed by atoms with Crippen molar-refractivity contribution in [1.82, 2.24) is 10.2 Å². The number of carbonyl (C=O) groups is 3. The van der Waals surface area contributed by atoms with E-state index in [9.17, 15) is 14.4 Å². The van der Waals surface area contributed by atoms with Crippen molar-refractivity contribution >= 4 is 29.1 Å². The van der Waals surface area contributed by atoms with E-state index in [2.05, 4.69) is 10.7 Å². The number of aryl methyl sites for hydroxylation is 1. The number of hydrogen-bond donors (Lipinski definition) is 1. The van der Waals surface area contributed by atoms with Crippen molar-refractivity contribution in [1.29, 1.82) is 0 Å². The van der Waals surface area contributed by atoms with Gasteiger partial charge in [-0.25, -0.2) is 0 Å². The van der Waals surface area contributed by atoms with Gasteiger partial charge in [0.2, 0.25) is 17.7 Å². The number of likely N-dealkylation sites (tertiary alicyclic amines) is 1. The van der Waals surface area contributed by atoms with E-state index >= 15 is 0 Å². The van der Waals surface area contributed by atoms with E-state index in [1.807, 2.05) is 49.6 Å². The van der Waals surface area contributed by atoms with Gasteiger partial charge >= 0.3 is 0 Å². The van der Waals surface area contributed by atoms with Gasteiger partial charge in [-0.05, 0) is 60.2 Å². The fraction of sp³-hybridized carbons (Fsp3) is 0.458. The molecule has 166 valence electrons. The lowest BCUT2D eigenvalue weighted by atomic mass is 9.74. The molecular weight excluding hydrogens is 412 g/mol. The Morgan fingerprint density at radius 2 is 2.06 bits per heavy atom. The predicted octanol–water partition coefficient (Wildman–Crippen LogP) is 3.23. The third-order valence-corrected chi connectivity index (χ3v) is 6.52. The van der Waals surface area contributed by atoms with Gasteiger partial charge in [0, 0.05) is 39.1 Å². The van der Waals surface area contributed by atoms with Crippen LogP contribution in [-0.2, 0) is 31.0 Å². The second kappa shape index (κ2) is 10.2. The first-order valence-electron chi connectivity index (χ1n) is 10.6. The fourth-order valence-corrected chi connectivity index (χ4v) is 5.04. The lowest BCUT2D eigenvalue weighted by Crippen LogP contribution is -2.44. The standard InChI is InChI=1S/C24H30N2O4S/c1-17-7-4-5-8-20(17)24(15-22(28)26(23(24)29)10-6-11-30-3)14-21(27)25-18(2)13-19-9-12-31-16-19/h4-5,7-9,12,16,18H,6,10-11,13-15H2,1-3H3,(H,25,27)/t18-,24+/m1/s1. The van der Waals surface area contributed by atoms with Gasteiger partial charge in [-0.1, -0.05) is 24.3 Å². The highest BCUT2D eigenvalue weighted by molar-refractivity contribution is 7.07. The molecule has 2 heterocycles. The summed E-state index contributed by atoms with van der Waals surface area (Å²) in [4.78, 5) is 40.7. The second-order valence-corrected chi connectivity index (χ2v) is 9.03. The van der Waals surface area contributed by atoms with Crippen LogP contribution in [0.1, 0.15) is 42.9 Å². The minimum absolute atomic E-state index is 0.00992. The number of rotatable bonds is 10. The minimum atomic E-state index is -1.16. The maximum atomic E-state index is 13.5. The highest BCUT2D eigenvalue weighted by Crippen LogP contribution is 2.41. The molecule has 1 aromatic heterocycles. The summed E-state index contributed by atoms with van der Waals surface area (Å²) in [6.45, 7) is 4.64. The van der Waals surface area contributed by atoms with Crippen LogP contribution in [0.15, 0.2) is 41.1 Å². The lowest BCUT2D eigenvalue weighted by Gasteiger charge is -2.29. The van der Waals surface area contributed by atoms with Crippen LogP contribution in [0.5, 0.6) is 0 Å². The molecule has 31 heavy (non-hydrogen) atoms. The highest BCUT2D eigenvalue weighted by Gasteiger charge is 2.54. The summed E-state index contributed by atoms with van der Waals surface area (Å²) in [6.07, 6.45) is 1.26. The molecule has 1 aromatic carbocycles. The van der Waals surface area contributed by atoms with E-state index in [0.717, 1.165) is 17.5 Å². The number of amides is 3. The Morgan fingerprint density at radius 3 is 2.74 bits per heavy atom. The number of carbonyl (C=O) groups excluding carboxylic acids is 3. The summed E-state index contributed by atoms with van der Waals surface area (Å²) in [6, 6.07) is 9.50. The molecule has 1 aliphatic rings. The monoisotopic (exact) mass is 442 g/mol. The molecule has 1 saturated heterocycles. The summed E-state index contributed by atoms with van der Waals surface area (Å²) >= 11 is 1.62. The number of nitrogens with zero attached hydrogens (tertiary/aromatic N) is 1. The Bertz CT molecular complexity index is 927. The summed E-state index contributed by atoms with van der Waals surface area (Å²) in [5, 5.41) is 7.10. The van der Waals surface area contributed by atoms with Crippen LogP contribution in [0.4, 0.5) is 0 Å². The Hall–Kier alpha value is -2.51. The molecule has 0 saturated carbocycles. The van der Waals surface area contributed by atoms with Crippen LogP contribution in [0.2, 0.25) is 0 Å². The molecule has 0 radical (unpaired) electrons. The van der Waals surface area contributed by atoms with Gasteiger partial charge in [0.05, 0.1) is 5.41 Å². The zero-order chi connectivity index (χ0) is 22.4. The Kier molecular flexibility index (Phi) is 7.62. The number of thiophene rings is 1. The zero-order valence-electron chi connectivity index (χ0n) is 18.3. The van der Waals surface area contributed by atoms with Gasteiger partial charge < -0.3 is 10.1 Å². The maximum Gasteiger partial charge on any atom is 0.240 e. The number of ether oxygens (including phenoxy) is 1. The maximum absolute atomic E-state index is 13.5. The third kappa shape index (κ3) is 5.22. The number of methoxy groups -OCH3 is 1. The largest absolute Gasteiger partial charge is 0.385 e. The van der Waals surface area contributed by atoms with Gasteiger partial charge in [0.15, 0.2) is 0 Å². The Morgan fingerprint density at radius 1 is 1.29 bits per heavy atom. The van der Waals surface area contributed by atoms with Gasteiger partial charge in [0.25, 0.3) is 0 Å². The van der Waals surface area contributed by atoms with Crippen molar-refractivity contribution in [2.24, 2.45) is 0 Å². The molecule has 1 N–H and O–H groups in total. The number of imide groups is 1. The van der Waals surface area contributed by atoms with Crippen molar-refractivity contribution in [3.05, 3.63) is 57.8 Å². The van der Waals surface area contributed by atoms with Gasteiger partial charge in [-0.15, -0.1) is 0 Å². The molecule has 7 heteroatoms. The van der Waals surface area contributed by atoms with Gasteiger partial charge in [-0.2, -0.15) is 11.3 Å². The van der Waals surface area contributed by atoms with Crippen LogP contribution in [0, 0.1) is 6.92 Å². The third-order valence-electron chi connectivity index (χ3n) is 5.79. The predicted molar refractivity (Wildman–Crippen MR) is 121 cm³/mol. The molecule has 0 spiro atoms. The van der Waals surface area contributed by atoms with Crippen molar-refractivity contribution in [2.45, 2.75) is 51.0 Å². The zero-order valence-corrected chi connectivity index (χ0v) is 19.2. The average Bonchev–Trinajstić information content (AvgIpc) is 3.30. The smallest absolute Gasteiger partial charge is 0.240 e. The first-order valence-corrected chi connectivity index (χ1v) is 11.5. The topological polar surface area (TPSA) is 75.7 Å². The Balaban J connectivity index is 1.82. The first kappa shape index (κ1) is 23.2. The molecule has 3 amide bonds. The van der Waals surface area contributed by atoms with Crippen LogP contribution >= 0.6 is 11.3 Å². The van der Waals surface area contributed by atoms with E-state index in [1.165, 1.54) is 10.5 Å². The minimum Gasteiger partial charge on any atom is -0.385 e. The summed E-state index contributed by atoms with van der Waals surface area (Å²) < 4.78 is 5.07. The number of benzene rings is 1. The highest BCUT2D eigenvalue weighted by atomic mass is 32.1. The van der Waals surface area contributed by atoms with Crippen LogP contribution < -0.4 is 5.32 Å². The van der Waals surface area contributed by atoms with E-state index in [-0.39, 0.29) is 36.6 Å². The molecule has 0 aliphatic carbocycles. The summed E-state index contributed by atoms with van der Waals surface area (Å²) in [5.74, 6) is -0.738. The van der Waals surface area contributed by atoms with Crippen LogP contribution in [0.3, 0.4) is 0 Å². The molecule has 0 unspecified atom stereocenters. The summed E-state index contributed by atoms with van der Waals surface area (Å²) in [7, 11) is 1.59. The van der Waals surface area contributed by atoms with Crippen LogP contribution in [0.25, 0.3) is 0 Å². The first-order chi connectivity index (χ1) is 14.9. The van der Waals surface area contributed by atoms with Crippen LogP contribution in [-0.4, -0.2) is 48.9 Å². The SMILES string of the molecule is COCCCN1C(=O)C[C@@](CC(=O)N[C@H](C)Cc2ccsc2)(c2ccccc2C)C1=O. The molecule has 2 atom stereocenters. The second-order valence-electron chi connectivity index (χ2n) is 8.25. The van der Waals surface area contributed by atoms with Gasteiger partial charge in [-0.3, -0.25) is 19.3 Å². The Labute approximate surface area is 187 Å². The quantitative estimate of drug-likeness (QED) is 0.453. The van der Waals surface area contributed by atoms with E-state index in [1.54, 1.807) is 18.4 Å².